The molecular formula is C22H27ClN6O3. The smallest absolute Gasteiger partial charge is 0.252 e. The van der Waals surface area contributed by atoms with Crippen LogP contribution in [0.5, 0.6) is 0 Å². The lowest BCUT2D eigenvalue weighted by Crippen LogP contribution is -2.54. The van der Waals surface area contributed by atoms with E-state index in [2.05, 4.69) is 20.8 Å². The number of aromatic nitrogens is 4. The first-order valence-electron chi connectivity index (χ1n) is 11.3. The molecule has 2 amide bonds. The second-order valence-electron chi connectivity index (χ2n) is 9.16. The largest absolute Gasteiger partial charge is 0.383 e. The van der Waals surface area contributed by atoms with E-state index >= 15 is 0 Å². The molecule has 1 saturated heterocycles. The predicted molar refractivity (Wildman–Crippen MR) is 116 cm³/mol. The Hall–Kier alpha value is -2.52. The molecule has 2 aromatic rings. The van der Waals surface area contributed by atoms with Crippen LogP contribution in [0.25, 0.3) is 5.69 Å². The van der Waals surface area contributed by atoms with E-state index in [1.807, 2.05) is 0 Å². The molecule has 1 aromatic carbocycles. The van der Waals surface area contributed by atoms with Crippen LogP contribution in [0.4, 0.5) is 0 Å². The van der Waals surface area contributed by atoms with E-state index in [-0.39, 0.29) is 30.2 Å². The summed E-state index contributed by atoms with van der Waals surface area (Å²) in [6, 6.07) is 5.30. The molecule has 3 aliphatic rings. The van der Waals surface area contributed by atoms with Gasteiger partial charge in [-0.05, 0) is 71.7 Å². The van der Waals surface area contributed by atoms with Gasteiger partial charge in [0.15, 0.2) is 0 Å². The number of nitrogens with one attached hydrogen (secondary N) is 1. The van der Waals surface area contributed by atoms with Gasteiger partial charge in [-0.25, -0.2) is 4.68 Å². The van der Waals surface area contributed by atoms with E-state index in [0.717, 1.165) is 49.8 Å². The van der Waals surface area contributed by atoms with Crippen LogP contribution >= 0.6 is 11.6 Å². The lowest BCUT2D eigenvalue weighted by molar-refractivity contribution is -0.150. The summed E-state index contributed by atoms with van der Waals surface area (Å²) in [7, 11) is 0. The molecule has 0 radical (unpaired) electrons. The van der Waals surface area contributed by atoms with Crippen molar-refractivity contribution in [1.29, 1.82) is 0 Å². The fraction of sp³-hybridized carbons (Fsp3) is 0.591. The average Bonchev–Trinajstić information content (AvgIpc) is 3.15. The molecule has 0 bridgehead atoms. The van der Waals surface area contributed by atoms with Crippen molar-refractivity contribution < 1.29 is 14.7 Å². The van der Waals surface area contributed by atoms with Gasteiger partial charge in [-0.3, -0.25) is 9.59 Å². The van der Waals surface area contributed by atoms with Gasteiger partial charge in [0.2, 0.25) is 5.91 Å². The number of hydrogen-bond donors (Lipinski definition) is 2. The van der Waals surface area contributed by atoms with Crippen molar-refractivity contribution in [2.24, 2.45) is 11.8 Å². The van der Waals surface area contributed by atoms with Crippen molar-refractivity contribution in [2.45, 2.75) is 63.1 Å². The number of tetrazole rings is 1. The number of likely N-dealkylation sites (tertiary alicyclic amines) is 1. The minimum Gasteiger partial charge on any atom is -0.383 e. The second kappa shape index (κ2) is 8.44. The summed E-state index contributed by atoms with van der Waals surface area (Å²) in [6.07, 6.45) is 6.91. The molecule has 1 aromatic heterocycles. The maximum atomic E-state index is 13.3. The number of benzene rings is 1. The zero-order valence-corrected chi connectivity index (χ0v) is 18.5. The monoisotopic (exact) mass is 458 g/mol. The van der Waals surface area contributed by atoms with Gasteiger partial charge in [0.1, 0.15) is 18.0 Å². The van der Waals surface area contributed by atoms with Gasteiger partial charge in [-0.1, -0.05) is 30.9 Å². The number of rotatable bonds is 6. The van der Waals surface area contributed by atoms with Crippen LogP contribution in [-0.4, -0.2) is 60.2 Å². The number of aliphatic hydroxyl groups excluding tert-OH is 1. The quantitative estimate of drug-likeness (QED) is 0.683. The molecule has 2 N–H and O–H groups in total. The first kappa shape index (κ1) is 21.3. The van der Waals surface area contributed by atoms with Crippen LogP contribution in [0.2, 0.25) is 5.02 Å². The summed E-state index contributed by atoms with van der Waals surface area (Å²) in [6.45, 7) is 0.754. The molecule has 10 heteroatoms. The fourth-order valence-corrected chi connectivity index (χ4v) is 5.71. The number of fused-ring (bicyclic) bond motifs is 1. The molecule has 3 fully saturated rings. The minimum atomic E-state index is -1.02. The highest BCUT2D eigenvalue weighted by atomic mass is 35.5. The van der Waals surface area contributed by atoms with Crippen molar-refractivity contribution in [3.63, 3.8) is 0 Å². The number of nitrogens with zero attached hydrogens (tertiary/aromatic N) is 5. The third-order valence-corrected chi connectivity index (χ3v) is 7.58. The Morgan fingerprint density at radius 3 is 2.78 bits per heavy atom. The zero-order chi connectivity index (χ0) is 22.3. The Labute approximate surface area is 191 Å². The predicted octanol–water partition coefficient (Wildman–Crippen LogP) is 1.86. The first-order chi connectivity index (χ1) is 15.5. The standard InChI is InChI=1S/C22H27ClN6O3/c23-17-6-7-18(29-13-25-26-27-29)15(10-17)12-24-21(32)22-11-16(22)8-9-28(22)20(31)19(30)14-4-2-1-3-5-14/h6-7,10,13-14,16,19,30H,1-5,8-9,11-12H2,(H,24,32)/t16-,19-,22+/m1/s1. The number of piperidine rings is 1. The average molecular weight is 459 g/mol. The highest BCUT2D eigenvalue weighted by Crippen LogP contribution is 2.56. The zero-order valence-electron chi connectivity index (χ0n) is 17.8. The topological polar surface area (TPSA) is 113 Å². The van der Waals surface area contributed by atoms with Gasteiger partial charge in [-0.15, -0.1) is 5.10 Å². The summed E-state index contributed by atoms with van der Waals surface area (Å²) in [4.78, 5) is 28.1. The third-order valence-electron chi connectivity index (χ3n) is 7.34. The summed E-state index contributed by atoms with van der Waals surface area (Å²) in [5.74, 6) is -0.307. The molecular weight excluding hydrogens is 432 g/mol. The summed E-state index contributed by atoms with van der Waals surface area (Å²) < 4.78 is 1.52. The maximum Gasteiger partial charge on any atom is 0.252 e. The van der Waals surface area contributed by atoms with Crippen LogP contribution in [0, 0.1) is 11.8 Å². The van der Waals surface area contributed by atoms with Gasteiger partial charge >= 0.3 is 0 Å². The molecule has 2 heterocycles. The number of carbonyl (C=O) groups excluding carboxylic acids is 2. The maximum absolute atomic E-state index is 13.3. The molecule has 32 heavy (non-hydrogen) atoms. The molecule has 0 unspecified atom stereocenters. The highest BCUT2D eigenvalue weighted by molar-refractivity contribution is 6.30. The third kappa shape index (κ3) is 3.67. The van der Waals surface area contributed by atoms with E-state index in [1.165, 1.54) is 11.0 Å². The molecule has 2 saturated carbocycles. The second-order valence-corrected chi connectivity index (χ2v) is 9.59. The Morgan fingerprint density at radius 1 is 1.25 bits per heavy atom. The lowest BCUT2D eigenvalue weighted by atomic mass is 9.84. The van der Waals surface area contributed by atoms with E-state index in [4.69, 9.17) is 11.6 Å². The van der Waals surface area contributed by atoms with Crippen LogP contribution in [-0.2, 0) is 16.1 Å². The van der Waals surface area contributed by atoms with Gasteiger partial charge < -0.3 is 15.3 Å². The summed E-state index contributed by atoms with van der Waals surface area (Å²) in [5.41, 5.74) is 0.654. The molecule has 5 rings (SSSR count). The Bertz CT molecular complexity index is 1010. The van der Waals surface area contributed by atoms with Crippen molar-refractivity contribution in [3.8, 4) is 5.69 Å². The SMILES string of the molecule is O=C([C@H](O)C1CCCCC1)N1CC[C@@H]2C[C@@]21C(=O)NCc1cc(Cl)ccc1-n1cnnn1. The van der Waals surface area contributed by atoms with Gasteiger partial charge in [0.05, 0.1) is 5.69 Å². The molecule has 1 aliphatic heterocycles. The number of aliphatic hydroxyl groups is 1. The normalized spacial score (nSPS) is 25.9. The number of amides is 2. The van der Waals surface area contributed by atoms with Crippen molar-refractivity contribution in [1.82, 2.24) is 30.4 Å². The Kier molecular flexibility index (Phi) is 5.63. The van der Waals surface area contributed by atoms with E-state index < -0.39 is 11.6 Å². The van der Waals surface area contributed by atoms with Crippen LogP contribution in [0.1, 0.15) is 50.5 Å². The highest BCUT2D eigenvalue weighted by Gasteiger charge is 2.68. The van der Waals surface area contributed by atoms with Gasteiger partial charge in [-0.2, -0.15) is 0 Å². The molecule has 3 atom stereocenters. The Balaban J connectivity index is 1.30. The summed E-state index contributed by atoms with van der Waals surface area (Å²) in [5, 5.41) is 25.6. The van der Waals surface area contributed by atoms with E-state index in [9.17, 15) is 14.7 Å². The van der Waals surface area contributed by atoms with Gasteiger partial charge in [0.25, 0.3) is 5.91 Å². The molecule has 170 valence electrons. The number of hydrogen-bond acceptors (Lipinski definition) is 6. The van der Waals surface area contributed by atoms with E-state index in [1.54, 1.807) is 23.1 Å². The van der Waals surface area contributed by atoms with Crippen molar-refractivity contribution in [3.05, 3.63) is 35.1 Å². The first-order valence-corrected chi connectivity index (χ1v) is 11.7. The lowest BCUT2D eigenvalue weighted by Gasteiger charge is -2.33. The van der Waals surface area contributed by atoms with Crippen LogP contribution in [0.15, 0.2) is 24.5 Å². The number of halogens is 1. The molecule has 0 spiro atoms. The summed E-state index contributed by atoms with van der Waals surface area (Å²) >= 11 is 6.18. The Morgan fingerprint density at radius 2 is 2.06 bits per heavy atom. The van der Waals surface area contributed by atoms with E-state index in [0.29, 0.717) is 18.0 Å². The van der Waals surface area contributed by atoms with Gasteiger partial charge in [0, 0.05) is 18.1 Å². The fourth-order valence-electron chi connectivity index (χ4n) is 5.51. The molecule has 9 nitrogen and oxygen atoms in total. The van der Waals surface area contributed by atoms with Crippen molar-refractivity contribution in [2.75, 3.05) is 6.54 Å². The van der Waals surface area contributed by atoms with Crippen LogP contribution in [0.3, 0.4) is 0 Å². The van der Waals surface area contributed by atoms with Crippen LogP contribution < -0.4 is 5.32 Å². The minimum absolute atomic E-state index is 0.000491. The van der Waals surface area contributed by atoms with Crippen molar-refractivity contribution >= 4 is 23.4 Å². The molecule has 2 aliphatic carbocycles. The number of carbonyl (C=O) groups is 2.